The number of methoxy groups -OCH3 is 3. The highest BCUT2D eigenvalue weighted by atomic mass is 16.7. The molecule has 0 spiro atoms. The van der Waals surface area contributed by atoms with E-state index >= 15 is 0 Å². The molecule has 0 aromatic heterocycles. The molecule has 16 nitrogen and oxygen atoms in total. The highest BCUT2D eigenvalue weighted by molar-refractivity contribution is 6.39. The second-order valence-electron chi connectivity index (χ2n) is 23.6. The van der Waals surface area contributed by atoms with Crippen molar-refractivity contribution in [3.8, 4) is 0 Å². The van der Waals surface area contributed by atoms with Crippen molar-refractivity contribution in [3.63, 3.8) is 0 Å². The summed E-state index contributed by atoms with van der Waals surface area (Å²) in [4.78, 5) is 72.0. The summed E-state index contributed by atoms with van der Waals surface area (Å²) in [7, 11) is 4.65. The van der Waals surface area contributed by atoms with Crippen molar-refractivity contribution in [2.45, 2.75) is 213 Å². The number of ketones is 2. The molecule has 5 rings (SSSR count). The number of carbonyl (C=O) groups excluding carboxylic acids is 5. The Morgan fingerprint density at radius 2 is 1.51 bits per heavy atom. The van der Waals surface area contributed by atoms with E-state index in [9.17, 15) is 34.2 Å². The zero-order valence-electron chi connectivity index (χ0n) is 47.5. The number of piperidine rings is 1. The molecule has 1 saturated carbocycles. The number of hydrogen-bond acceptors (Lipinski definition) is 15. The van der Waals surface area contributed by atoms with E-state index in [4.69, 9.17) is 37.9 Å². The van der Waals surface area contributed by atoms with Gasteiger partial charge in [-0.1, -0.05) is 71.1 Å². The van der Waals surface area contributed by atoms with Gasteiger partial charge < -0.3 is 53.0 Å². The number of Topliss-reactive ketones (excluding diaryl/α,β-unsaturated/α-hetero) is 2. The predicted molar refractivity (Wildman–Crippen MR) is 283 cm³/mol. The molecule has 0 aromatic rings. The summed E-state index contributed by atoms with van der Waals surface area (Å²) < 4.78 is 48.0. The molecule has 0 aromatic carbocycles. The number of fused-ring (bicyclic) bond motifs is 3. The van der Waals surface area contributed by atoms with Crippen LogP contribution in [0.15, 0.2) is 47.6 Å². The van der Waals surface area contributed by atoms with E-state index in [1.807, 2.05) is 84.9 Å². The first-order valence-electron chi connectivity index (χ1n) is 27.8. The lowest BCUT2D eigenvalue weighted by atomic mass is 9.78. The van der Waals surface area contributed by atoms with E-state index in [0.29, 0.717) is 76.2 Å². The molecular weight excluding hydrogens is 963 g/mol. The molecular formula is C59H93NO15. The smallest absolute Gasteiger partial charge is 0.329 e. The Morgan fingerprint density at radius 3 is 2.17 bits per heavy atom. The number of aliphatic hydroxyl groups is 2. The Kier molecular flexibility index (Phi) is 23.1. The van der Waals surface area contributed by atoms with E-state index < -0.39 is 95.1 Å². The molecule has 1 aliphatic carbocycles. The van der Waals surface area contributed by atoms with Crippen molar-refractivity contribution < 1.29 is 72.1 Å². The van der Waals surface area contributed by atoms with E-state index in [1.54, 1.807) is 35.0 Å². The Labute approximate surface area is 447 Å². The number of cyclic esters (lactones) is 1. The van der Waals surface area contributed by atoms with Gasteiger partial charge in [0.05, 0.1) is 31.5 Å². The molecule has 5 aliphatic rings. The van der Waals surface area contributed by atoms with E-state index in [1.165, 1.54) is 12.0 Å². The minimum absolute atomic E-state index is 0.0490. The average Bonchev–Trinajstić information content (AvgIpc) is 3.38. The molecule has 15 atom stereocenters. The fourth-order valence-electron chi connectivity index (χ4n) is 11.6. The van der Waals surface area contributed by atoms with E-state index in [2.05, 4.69) is 0 Å². The van der Waals surface area contributed by atoms with Gasteiger partial charge in [0.1, 0.15) is 35.9 Å². The zero-order chi connectivity index (χ0) is 55.4. The topological polar surface area (TPSA) is 203 Å². The molecule has 4 fully saturated rings. The summed E-state index contributed by atoms with van der Waals surface area (Å²) >= 11 is 0. The van der Waals surface area contributed by atoms with E-state index in [-0.39, 0.29) is 61.7 Å². The van der Waals surface area contributed by atoms with Crippen LogP contribution >= 0.6 is 0 Å². The summed E-state index contributed by atoms with van der Waals surface area (Å²) in [6.07, 6.45) is 13.8. The third kappa shape index (κ3) is 16.5. The number of nitrogens with zero attached hydrogens (tertiary/aromatic N) is 1. The Balaban J connectivity index is 1.41. The van der Waals surface area contributed by atoms with Crippen molar-refractivity contribution >= 4 is 29.4 Å². The van der Waals surface area contributed by atoms with Gasteiger partial charge in [0, 0.05) is 46.1 Å². The maximum Gasteiger partial charge on any atom is 0.329 e. The second kappa shape index (κ2) is 27.8. The molecule has 424 valence electrons. The average molecular weight is 1060 g/mol. The lowest BCUT2D eigenvalue weighted by Gasteiger charge is -2.43. The molecule has 0 unspecified atom stereocenters. The summed E-state index contributed by atoms with van der Waals surface area (Å²) in [6.45, 7) is 19.3. The van der Waals surface area contributed by atoms with Crippen LogP contribution in [0.5, 0.6) is 0 Å². The number of hydrogen-bond donors (Lipinski definition) is 2. The third-order valence-corrected chi connectivity index (χ3v) is 16.7. The van der Waals surface area contributed by atoms with Crippen molar-refractivity contribution in [3.05, 3.63) is 47.6 Å². The molecule has 2 N–H and O–H groups in total. The summed E-state index contributed by atoms with van der Waals surface area (Å²) in [5.74, 6) is -7.66. The number of esters is 2. The lowest BCUT2D eigenvalue weighted by Crippen LogP contribution is -2.61. The molecule has 0 radical (unpaired) electrons. The first kappa shape index (κ1) is 62.2. The van der Waals surface area contributed by atoms with Crippen molar-refractivity contribution in [1.29, 1.82) is 0 Å². The van der Waals surface area contributed by atoms with Crippen LogP contribution in [0.2, 0.25) is 0 Å². The molecule has 1 amide bonds. The largest absolute Gasteiger partial charge is 0.461 e. The number of aliphatic hydroxyl groups excluding tert-OH is 1. The first-order chi connectivity index (χ1) is 35.4. The standard InChI is InChI=1S/C59H93NO15/c1-36-19-15-14-16-20-38(3)48(68-11)33-44-25-23-42(7)59(67,75-44)53(63)54(64)60-28-18-17-21-45(60)55(65)73-46(26-22-37(2)30-41(6)51(62)52(70-13)50(61)40(5)29-36)39(4)31-43-24-27-47(49(32-43)69-12)74-56(66)58(10)34-71-57(8,9)72-35-58/h14-16,19-20,30,36-37,39-40,42-49,51-52,62,67H,17-18,21-29,31-35H2,1-13H3/b16-14+,19-15+,38-20+,41-30+/t36-,37+,39-,40-,42-,43+,44+,45+,46+,47-,48+,49-,51-,52+,59-/m1/s1. The maximum atomic E-state index is 14.6. The van der Waals surface area contributed by atoms with Crippen molar-refractivity contribution in [2.75, 3.05) is 41.1 Å². The molecule has 4 aliphatic heterocycles. The summed E-state index contributed by atoms with van der Waals surface area (Å²) in [5, 5.41) is 23.6. The Bertz CT molecular complexity index is 2050. The number of carbonyl (C=O) groups is 5. The Morgan fingerprint density at radius 1 is 0.800 bits per heavy atom. The van der Waals surface area contributed by atoms with Gasteiger partial charge in [-0.15, -0.1) is 0 Å². The van der Waals surface area contributed by atoms with Crippen LogP contribution in [0, 0.1) is 40.9 Å². The van der Waals surface area contributed by atoms with Crippen molar-refractivity contribution in [1.82, 2.24) is 4.90 Å². The van der Waals surface area contributed by atoms with Gasteiger partial charge >= 0.3 is 11.9 Å². The fourth-order valence-corrected chi connectivity index (χ4v) is 11.6. The van der Waals surface area contributed by atoms with E-state index in [0.717, 1.165) is 12.0 Å². The van der Waals surface area contributed by atoms with Gasteiger partial charge in [-0.2, -0.15) is 0 Å². The van der Waals surface area contributed by atoms with Gasteiger partial charge in [-0.25, -0.2) is 4.79 Å². The number of ether oxygens (including phenoxy) is 8. The molecule has 4 heterocycles. The number of rotatable bonds is 8. The quantitative estimate of drug-likeness (QED) is 0.133. The zero-order valence-corrected chi connectivity index (χ0v) is 47.5. The lowest BCUT2D eigenvalue weighted by molar-refractivity contribution is -0.283. The predicted octanol–water partition coefficient (Wildman–Crippen LogP) is 8.34. The van der Waals surface area contributed by atoms with Crippen LogP contribution in [0.4, 0.5) is 0 Å². The Hall–Kier alpha value is -3.61. The summed E-state index contributed by atoms with van der Waals surface area (Å²) in [5.41, 5.74) is 0.524. The SMILES string of the molecule is CO[C@H]1C[C@@H]2CC[C@@H](C)[C@@](O)(O2)C(=O)C(=O)N2CCCC[C@H]2C(=O)O[C@H]([C@H](C)C[C@@H]2CC[C@@H](OC(=O)C3(C)COC(C)(C)OC3)[C@H](OC)C2)CC[C@H](C)/C=C(\C)[C@@H](O)[C@@H](OC)C(=O)[C@H](C)C[C@H](C)/C=C/C=C/C=C/1C. The maximum absolute atomic E-state index is 14.6. The van der Waals surface area contributed by atoms with Gasteiger partial charge in [-0.05, 0) is 146 Å². The van der Waals surface area contributed by atoms with Gasteiger partial charge in [0.15, 0.2) is 11.6 Å². The first-order valence-corrected chi connectivity index (χ1v) is 27.8. The number of allylic oxidation sites excluding steroid dienone is 6. The van der Waals surface area contributed by atoms with Crippen molar-refractivity contribution in [2.24, 2.45) is 40.9 Å². The van der Waals surface area contributed by atoms with Gasteiger partial charge in [-0.3, -0.25) is 19.2 Å². The molecule has 75 heavy (non-hydrogen) atoms. The minimum atomic E-state index is -2.41. The monoisotopic (exact) mass is 1060 g/mol. The molecule has 16 heteroatoms. The number of amides is 1. The van der Waals surface area contributed by atoms with Crippen LogP contribution in [-0.4, -0.2) is 146 Å². The van der Waals surface area contributed by atoms with Gasteiger partial charge in [0.25, 0.3) is 11.7 Å². The minimum Gasteiger partial charge on any atom is -0.461 e. The third-order valence-electron chi connectivity index (χ3n) is 16.7. The molecule has 3 saturated heterocycles. The second-order valence-corrected chi connectivity index (χ2v) is 23.6. The normalized spacial score (nSPS) is 39.1. The van der Waals surface area contributed by atoms with Crippen LogP contribution in [-0.2, 0) is 61.9 Å². The summed E-state index contributed by atoms with van der Waals surface area (Å²) in [6, 6.07) is -1.06. The van der Waals surface area contributed by atoms with Gasteiger partial charge in [0.2, 0.25) is 5.79 Å². The fraction of sp³-hybridized carbons (Fsp3) is 0.780. The van der Waals surface area contributed by atoms with Crippen LogP contribution < -0.4 is 0 Å². The highest BCUT2D eigenvalue weighted by Gasteiger charge is 2.53. The van der Waals surface area contributed by atoms with Crippen LogP contribution in [0.1, 0.15) is 153 Å². The van der Waals surface area contributed by atoms with Crippen LogP contribution in [0.25, 0.3) is 0 Å². The van der Waals surface area contributed by atoms with Crippen LogP contribution in [0.3, 0.4) is 0 Å². The molecule has 2 bridgehead atoms. The highest BCUT2D eigenvalue weighted by Crippen LogP contribution is 2.39.